The molecule has 6 nitrogen and oxygen atoms in total. The van der Waals surface area contributed by atoms with Crippen LogP contribution in [-0.4, -0.2) is 29.4 Å². The van der Waals surface area contributed by atoms with Crippen molar-refractivity contribution in [3.8, 4) is 0 Å². The number of nitrogens with zero attached hydrogens (tertiary/aromatic N) is 1. The van der Waals surface area contributed by atoms with Gasteiger partial charge in [-0.05, 0) is 34.8 Å². The summed E-state index contributed by atoms with van der Waals surface area (Å²) in [4.78, 5) is 22.7. The van der Waals surface area contributed by atoms with E-state index in [0.29, 0.717) is 6.42 Å². The zero-order valence-corrected chi connectivity index (χ0v) is 9.88. The summed E-state index contributed by atoms with van der Waals surface area (Å²) in [6.07, 6.45) is 3.86. The van der Waals surface area contributed by atoms with Crippen molar-refractivity contribution in [1.29, 1.82) is 0 Å². The quantitative estimate of drug-likeness (QED) is 0.314. The van der Waals surface area contributed by atoms with Gasteiger partial charge in [0.2, 0.25) is 0 Å². The lowest BCUT2D eigenvalue weighted by atomic mass is 10.0. The van der Waals surface area contributed by atoms with Gasteiger partial charge in [-0.15, -0.1) is 0 Å². The van der Waals surface area contributed by atoms with Crippen LogP contribution in [0.15, 0.2) is 28.9 Å². The van der Waals surface area contributed by atoms with Crippen molar-refractivity contribution < 1.29 is 14.8 Å². The summed E-state index contributed by atoms with van der Waals surface area (Å²) in [6, 6.07) is 4.58. The number of fused-ring (bicyclic) bond motifs is 1. The van der Waals surface area contributed by atoms with E-state index in [1.54, 1.807) is 0 Å². The van der Waals surface area contributed by atoms with E-state index < -0.39 is 12.1 Å². The molecule has 6 heteroatoms. The van der Waals surface area contributed by atoms with E-state index in [-0.39, 0.29) is 5.91 Å². The molecule has 0 spiro atoms. The van der Waals surface area contributed by atoms with Crippen LogP contribution in [0.2, 0.25) is 0 Å². The molecule has 3 amide bonds. The predicted octanol–water partition coefficient (Wildman–Crippen LogP) is 0.642. The lowest BCUT2D eigenvalue weighted by molar-refractivity contribution is -0.119. The van der Waals surface area contributed by atoms with Crippen molar-refractivity contribution in [2.45, 2.75) is 12.5 Å². The van der Waals surface area contributed by atoms with Gasteiger partial charge < -0.3 is 10.5 Å². The molecule has 1 aliphatic carbocycles. The van der Waals surface area contributed by atoms with Crippen molar-refractivity contribution in [3.05, 3.63) is 40.5 Å². The van der Waals surface area contributed by atoms with Crippen LogP contribution < -0.4 is 10.6 Å². The Kier molecular flexibility index (Phi) is 2.56. The lowest BCUT2D eigenvalue weighted by Gasteiger charge is -2.07. The summed E-state index contributed by atoms with van der Waals surface area (Å²) in [5.74, 6) is -0.318. The number of carbonyl (C=O) groups excluding carboxylic acids is 2. The Morgan fingerprint density at radius 3 is 2.89 bits per heavy atom. The van der Waals surface area contributed by atoms with Gasteiger partial charge >= 0.3 is 6.03 Å². The molecule has 0 radical (unpaired) electrons. The molecule has 1 aromatic rings. The lowest BCUT2D eigenvalue weighted by Crippen LogP contribution is -2.30. The second-order valence-electron chi connectivity index (χ2n) is 4.49. The van der Waals surface area contributed by atoms with Crippen LogP contribution in [0.1, 0.15) is 16.7 Å². The largest absolute Gasteiger partial charge is 0.411 e. The molecular formula is C13H11N3O3. The number of hydrogen-bond acceptors (Lipinski definition) is 4. The number of benzene rings is 1. The van der Waals surface area contributed by atoms with Gasteiger partial charge in [0.1, 0.15) is 6.04 Å². The van der Waals surface area contributed by atoms with E-state index in [9.17, 15) is 9.59 Å². The fourth-order valence-corrected chi connectivity index (χ4v) is 2.39. The normalized spacial score (nSPS) is 21.3. The van der Waals surface area contributed by atoms with Crippen LogP contribution in [0.4, 0.5) is 4.79 Å². The van der Waals surface area contributed by atoms with Crippen LogP contribution in [0.5, 0.6) is 0 Å². The number of nitrogens with one attached hydrogen (secondary N) is 2. The highest BCUT2D eigenvalue weighted by molar-refractivity contribution is 6.06. The van der Waals surface area contributed by atoms with Gasteiger partial charge in [0.15, 0.2) is 0 Å². The molecule has 1 unspecified atom stereocenters. The molecule has 19 heavy (non-hydrogen) atoms. The summed E-state index contributed by atoms with van der Waals surface area (Å²) in [5.41, 5.74) is 3.69. The summed E-state index contributed by atoms with van der Waals surface area (Å²) in [5, 5.41) is 16.3. The van der Waals surface area contributed by atoms with E-state index in [1.165, 1.54) is 6.21 Å². The molecule has 1 saturated heterocycles. The van der Waals surface area contributed by atoms with E-state index in [2.05, 4.69) is 15.8 Å². The minimum absolute atomic E-state index is 0.318. The van der Waals surface area contributed by atoms with Gasteiger partial charge in [0, 0.05) is 0 Å². The number of carbonyl (C=O) groups is 2. The first-order chi connectivity index (χ1) is 9.17. The zero-order valence-electron chi connectivity index (χ0n) is 9.88. The molecule has 3 N–H and O–H groups in total. The fraction of sp³-hybridized carbons (Fsp3) is 0.154. The molecule has 1 aromatic carbocycles. The Hall–Kier alpha value is -2.63. The Morgan fingerprint density at radius 2 is 2.21 bits per heavy atom. The maximum Gasteiger partial charge on any atom is 0.322 e. The summed E-state index contributed by atoms with van der Waals surface area (Å²) in [6.45, 7) is 0. The molecular weight excluding hydrogens is 246 g/mol. The third-order valence-electron chi connectivity index (χ3n) is 3.26. The Labute approximate surface area is 108 Å². The molecule has 1 aliphatic heterocycles. The summed E-state index contributed by atoms with van der Waals surface area (Å²) >= 11 is 0. The number of imide groups is 1. The second kappa shape index (κ2) is 4.24. The topological polar surface area (TPSA) is 90.8 Å². The number of oxime groups is 1. The number of urea groups is 1. The van der Waals surface area contributed by atoms with Crippen LogP contribution in [0, 0.1) is 0 Å². The second-order valence-corrected chi connectivity index (χ2v) is 4.49. The number of hydrogen-bond donors (Lipinski definition) is 3. The summed E-state index contributed by atoms with van der Waals surface area (Å²) in [7, 11) is 0. The van der Waals surface area contributed by atoms with E-state index in [4.69, 9.17) is 5.21 Å². The molecule has 1 heterocycles. The van der Waals surface area contributed by atoms with Gasteiger partial charge in [-0.3, -0.25) is 10.1 Å². The average molecular weight is 257 g/mol. The van der Waals surface area contributed by atoms with Gasteiger partial charge in [-0.2, -0.15) is 0 Å². The highest BCUT2D eigenvalue weighted by Gasteiger charge is 2.34. The van der Waals surface area contributed by atoms with Crippen LogP contribution >= 0.6 is 0 Å². The third kappa shape index (κ3) is 1.97. The predicted molar refractivity (Wildman–Crippen MR) is 68.0 cm³/mol. The van der Waals surface area contributed by atoms with Crippen LogP contribution in [0.25, 0.3) is 6.08 Å². The van der Waals surface area contributed by atoms with Gasteiger partial charge in [-0.1, -0.05) is 23.4 Å². The first kappa shape index (κ1) is 11.5. The molecule has 96 valence electrons. The van der Waals surface area contributed by atoms with Crippen molar-refractivity contribution in [3.63, 3.8) is 0 Å². The molecule has 2 aliphatic rings. The van der Waals surface area contributed by atoms with Crippen LogP contribution in [0.3, 0.4) is 0 Å². The van der Waals surface area contributed by atoms with Gasteiger partial charge in [0.05, 0.1) is 6.21 Å². The molecule has 0 saturated carbocycles. The van der Waals surface area contributed by atoms with Crippen LogP contribution in [-0.2, 0) is 11.2 Å². The highest BCUT2D eigenvalue weighted by Crippen LogP contribution is 2.28. The summed E-state index contributed by atoms with van der Waals surface area (Å²) < 4.78 is 0. The van der Waals surface area contributed by atoms with Crippen molar-refractivity contribution in [1.82, 2.24) is 10.6 Å². The first-order valence-electron chi connectivity index (χ1n) is 5.79. The highest BCUT2D eigenvalue weighted by atomic mass is 16.4. The van der Waals surface area contributed by atoms with Crippen molar-refractivity contribution in [2.24, 2.45) is 5.16 Å². The number of rotatable bonds is 2. The zero-order chi connectivity index (χ0) is 13.4. The maximum absolute atomic E-state index is 11.6. The molecule has 1 atom stereocenters. The first-order valence-corrected chi connectivity index (χ1v) is 5.79. The molecule has 1 fully saturated rings. The molecule has 0 bridgehead atoms. The minimum atomic E-state index is -0.588. The van der Waals surface area contributed by atoms with E-state index in [0.717, 1.165) is 22.3 Å². The average Bonchev–Trinajstić information content (AvgIpc) is 2.92. The fourth-order valence-electron chi connectivity index (χ4n) is 2.39. The SMILES string of the molecule is O=C1NC(=O)C(C2=Cc3cc(/C=N/O)ccc3C2)N1. The van der Waals surface area contributed by atoms with Crippen molar-refractivity contribution in [2.75, 3.05) is 0 Å². The third-order valence-corrected chi connectivity index (χ3v) is 3.26. The minimum Gasteiger partial charge on any atom is -0.411 e. The maximum atomic E-state index is 11.6. The van der Waals surface area contributed by atoms with E-state index in [1.807, 2.05) is 24.3 Å². The Morgan fingerprint density at radius 1 is 1.37 bits per heavy atom. The molecule has 3 rings (SSSR count). The van der Waals surface area contributed by atoms with Gasteiger partial charge in [-0.25, -0.2) is 4.79 Å². The smallest absolute Gasteiger partial charge is 0.322 e. The standard InChI is InChI=1S/C13H11N3O3/c17-12-11(15-13(18)16-12)10-4-8-2-1-7(6-14-19)3-9(8)5-10/h1-3,5-6,11,19H,4H2,(H2,15,16,17,18)/b14-6+. The Balaban J connectivity index is 1.90. The number of amides is 3. The van der Waals surface area contributed by atoms with Gasteiger partial charge in [0.25, 0.3) is 5.91 Å². The van der Waals surface area contributed by atoms with Crippen molar-refractivity contribution >= 4 is 24.2 Å². The Bertz CT molecular complexity index is 634. The van der Waals surface area contributed by atoms with E-state index >= 15 is 0 Å². The molecule has 0 aromatic heterocycles. The monoisotopic (exact) mass is 257 g/mol.